The first-order valence-corrected chi connectivity index (χ1v) is 5.90. The quantitative estimate of drug-likeness (QED) is 0.806. The van der Waals surface area contributed by atoms with Gasteiger partial charge in [-0.3, -0.25) is 0 Å². The van der Waals surface area contributed by atoms with E-state index in [1.54, 1.807) is 0 Å². The standard InChI is InChI=1S/C12H21N3/c1-10-5-3-4-6-12(10,8-13)15-9-14-7-11(15)2/h7,9-10H,3-6,8,13H2,1-2H3. The number of nitrogens with zero attached hydrogens (tertiary/aromatic N) is 2. The molecule has 1 aliphatic rings. The molecule has 15 heavy (non-hydrogen) atoms. The van der Waals surface area contributed by atoms with E-state index in [9.17, 15) is 0 Å². The van der Waals surface area contributed by atoms with Gasteiger partial charge in [-0.1, -0.05) is 19.8 Å². The summed E-state index contributed by atoms with van der Waals surface area (Å²) in [7, 11) is 0. The van der Waals surface area contributed by atoms with Crippen LogP contribution in [0.4, 0.5) is 0 Å². The maximum atomic E-state index is 6.04. The third kappa shape index (κ3) is 1.59. The highest BCUT2D eigenvalue weighted by atomic mass is 15.1. The molecule has 84 valence electrons. The van der Waals surface area contributed by atoms with Crippen molar-refractivity contribution in [3.05, 3.63) is 18.2 Å². The monoisotopic (exact) mass is 207 g/mol. The van der Waals surface area contributed by atoms with E-state index >= 15 is 0 Å². The Labute approximate surface area is 91.7 Å². The predicted molar refractivity (Wildman–Crippen MR) is 61.6 cm³/mol. The van der Waals surface area contributed by atoms with Crippen molar-refractivity contribution in [2.45, 2.75) is 45.1 Å². The number of aryl methyl sites for hydroxylation is 1. The number of nitrogens with two attached hydrogens (primary N) is 1. The van der Waals surface area contributed by atoms with Crippen LogP contribution in [-0.2, 0) is 5.54 Å². The second-order valence-electron chi connectivity index (χ2n) is 4.86. The topological polar surface area (TPSA) is 43.8 Å². The van der Waals surface area contributed by atoms with E-state index in [0.717, 1.165) is 6.54 Å². The third-order valence-electron chi connectivity index (χ3n) is 4.07. The lowest BCUT2D eigenvalue weighted by atomic mass is 9.73. The summed E-state index contributed by atoms with van der Waals surface area (Å²) in [6, 6.07) is 0. The van der Waals surface area contributed by atoms with Gasteiger partial charge in [0, 0.05) is 18.4 Å². The van der Waals surface area contributed by atoms with Crippen LogP contribution in [0.15, 0.2) is 12.5 Å². The van der Waals surface area contributed by atoms with Gasteiger partial charge >= 0.3 is 0 Å². The molecule has 0 aliphatic heterocycles. The summed E-state index contributed by atoms with van der Waals surface area (Å²) in [6.45, 7) is 5.17. The van der Waals surface area contributed by atoms with Crippen molar-refractivity contribution < 1.29 is 0 Å². The van der Waals surface area contributed by atoms with Gasteiger partial charge in [-0.15, -0.1) is 0 Å². The zero-order valence-corrected chi connectivity index (χ0v) is 9.74. The fourth-order valence-electron chi connectivity index (χ4n) is 2.98. The molecule has 0 spiro atoms. The molecule has 0 bridgehead atoms. The van der Waals surface area contributed by atoms with Crippen LogP contribution in [0, 0.1) is 12.8 Å². The fraction of sp³-hybridized carbons (Fsp3) is 0.750. The summed E-state index contributed by atoms with van der Waals surface area (Å²) in [5.74, 6) is 0.657. The van der Waals surface area contributed by atoms with Crippen LogP contribution < -0.4 is 5.73 Å². The first-order chi connectivity index (χ1) is 7.20. The summed E-state index contributed by atoms with van der Waals surface area (Å²) in [4.78, 5) is 4.23. The summed E-state index contributed by atoms with van der Waals surface area (Å²) >= 11 is 0. The van der Waals surface area contributed by atoms with Crippen molar-refractivity contribution in [3.63, 3.8) is 0 Å². The molecule has 1 aliphatic carbocycles. The zero-order chi connectivity index (χ0) is 10.9. The molecule has 0 radical (unpaired) electrons. The van der Waals surface area contributed by atoms with Gasteiger partial charge in [0.15, 0.2) is 0 Å². The molecular formula is C12H21N3. The first-order valence-electron chi connectivity index (χ1n) is 5.90. The zero-order valence-electron chi connectivity index (χ0n) is 9.74. The second kappa shape index (κ2) is 3.97. The third-order valence-corrected chi connectivity index (χ3v) is 4.07. The number of imidazole rings is 1. The molecule has 3 nitrogen and oxygen atoms in total. The predicted octanol–water partition coefficient (Wildman–Crippen LogP) is 2.06. The van der Waals surface area contributed by atoms with Gasteiger partial charge in [-0.05, 0) is 25.7 Å². The minimum Gasteiger partial charge on any atom is -0.328 e. The van der Waals surface area contributed by atoms with Crippen molar-refractivity contribution >= 4 is 0 Å². The van der Waals surface area contributed by atoms with Crippen LogP contribution in [0.2, 0.25) is 0 Å². The molecule has 0 aromatic carbocycles. The molecule has 0 amide bonds. The molecule has 1 aromatic heterocycles. The SMILES string of the molecule is Cc1cncn1C1(CN)CCCCC1C. The van der Waals surface area contributed by atoms with Crippen LogP contribution >= 0.6 is 0 Å². The van der Waals surface area contributed by atoms with E-state index in [4.69, 9.17) is 5.73 Å². The van der Waals surface area contributed by atoms with Crippen LogP contribution in [0.3, 0.4) is 0 Å². The molecule has 1 saturated carbocycles. The molecule has 2 N–H and O–H groups in total. The highest BCUT2D eigenvalue weighted by Crippen LogP contribution is 2.39. The number of hydrogen-bond acceptors (Lipinski definition) is 2. The average molecular weight is 207 g/mol. The maximum absolute atomic E-state index is 6.04. The molecule has 0 saturated heterocycles. The normalized spacial score (nSPS) is 31.8. The van der Waals surface area contributed by atoms with Crippen molar-refractivity contribution in [2.24, 2.45) is 11.7 Å². The lowest BCUT2D eigenvalue weighted by Gasteiger charge is -2.43. The largest absolute Gasteiger partial charge is 0.328 e. The van der Waals surface area contributed by atoms with Gasteiger partial charge in [0.2, 0.25) is 0 Å². The Kier molecular flexibility index (Phi) is 2.83. The van der Waals surface area contributed by atoms with Crippen LogP contribution in [0.5, 0.6) is 0 Å². The summed E-state index contributed by atoms with van der Waals surface area (Å²) < 4.78 is 2.30. The maximum Gasteiger partial charge on any atom is 0.0953 e. The van der Waals surface area contributed by atoms with E-state index in [1.165, 1.54) is 31.4 Å². The first kappa shape index (κ1) is 10.7. The Bertz CT molecular complexity index is 331. The lowest BCUT2D eigenvalue weighted by Crippen LogP contribution is -2.48. The van der Waals surface area contributed by atoms with Gasteiger partial charge in [-0.25, -0.2) is 4.98 Å². The molecule has 2 atom stereocenters. The Morgan fingerprint density at radius 1 is 1.60 bits per heavy atom. The Hall–Kier alpha value is -0.830. The Morgan fingerprint density at radius 2 is 2.40 bits per heavy atom. The number of hydrogen-bond donors (Lipinski definition) is 1. The Morgan fingerprint density at radius 3 is 2.93 bits per heavy atom. The summed E-state index contributed by atoms with van der Waals surface area (Å²) in [6.07, 6.45) is 9.00. The van der Waals surface area contributed by atoms with Crippen LogP contribution in [0.25, 0.3) is 0 Å². The fourth-order valence-corrected chi connectivity index (χ4v) is 2.98. The van der Waals surface area contributed by atoms with E-state index in [1.807, 2.05) is 12.5 Å². The number of aromatic nitrogens is 2. The molecule has 1 aromatic rings. The molecule has 1 heterocycles. The lowest BCUT2D eigenvalue weighted by molar-refractivity contribution is 0.122. The van der Waals surface area contributed by atoms with Crippen molar-refractivity contribution in [1.29, 1.82) is 0 Å². The molecule has 1 fully saturated rings. The van der Waals surface area contributed by atoms with Crippen LogP contribution in [-0.4, -0.2) is 16.1 Å². The average Bonchev–Trinajstić information content (AvgIpc) is 2.66. The van der Waals surface area contributed by atoms with E-state index in [2.05, 4.69) is 23.4 Å². The molecule has 2 unspecified atom stereocenters. The molecule has 2 rings (SSSR count). The summed E-state index contributed by atoms with van der Waals surface area (Å²) in [5.41, 5.74) is 7.39. The van der Waals surface area contributed by atoms with Crippen molar-refractivity contribution in [3.8, 4) is 0 Å². The highest BCUT2D eigenvalue weighted by Gasteiger charge is 2.39. The van der Waals surface area contributed by atoms with Gasteiger partial charge in [0.05, 0.1) is 11.9 Å². The van der Waals surface area contributed by atoms with Gasteiger partial charge in [-0.2, -0.15) is 0 Å². The van der Waals surface area contributed by atoms with Gasteiger partial charge < -0.3 is 10.3 Å². The summed E-state index contributed by atoms with van der Waals surface area (Å²) in [5, 5.41) is 0. The van der Waals surface area contributed by atoms with Crippen molar-refractivity contribution in [2.75, 3.05) is 6.54 Å². The highest BCUT2D eigenvalue weighted by molar-refractivity contribution is 5.05. The minimum absolute atomic E-state index is 0.124. The van der Waals surface area contributed by atoms with Crippen molar-refractivity contribution in [1.82, 2.24) is 9.55 Å². The minimum atomic E-state index is 0.124. The van der Waals surface area contributed by atoms with Crippen LogP contribution in [0.1, 0.15) is 38.3 Å². The smallest absolute Gasteiger partial charge is 0.0953 e. The van der Waals surface area contributed by atoms with Gasteiger partial charge in [0.25, 0.3) is 0 Å². The van der Waals surface area contributed by atoms with Gasteiger partial charge in [0.1, 0.15) is 0 Å². The molecule has 3 heteroatoms. The van der Waals surface area contributed by atoms with E-state index in [-0.39, 0.29) is 5.54 Å². The Balaban J connectivity index is 2.39. The van der Waals surface area contributed by atoms with E-state index in [0.29, 0.717) is 5.92 Å². The van der Waals surface area contributed by atoms with E-state index < -0.39 is 0 Å². The molecular weight excluding hydrogens is 186 g/mol. The number of rotatable bonds is 2. The second-order valence-corrected chi connectivity index (χ2v) is 4.86.